The molecule has 1 atom stereocenters. The molecule has 0 spiro atoms. The second-order valence-corrected chi connectivity index (χ2v) is 8.91. The van der Waals surface area contributed by atoms with Crippen molar-refractivity contribution >= 4 is 11.4 Å². The van der Waals surface area contributed by atoms with Gasteiger partial charge in [0.1, 0.15) is 0 Å². The van der Waals surface area contributed by atoms with Gasteiger partial charge in [0.05, 0.1) is 0 Å². The van der Waals surface area contributed by atoms with Gasteiger partial charge in [-0.1, -0.05) is 106 Å². The predicted molar refractivity (Wildman–Crippen MR) is 133 cm³/mol. The average Bonchev–Trinajstić information content (AvgIpc) is 2.81. The number of rotatable bonds is 7. The van der Waals surface area contributed by atoms with Crippen molar-refractivity contribution in [3.05, 3.63) is 131 Å². The van der Waals surface area contributed by atoms with Gasteiger partial charge in [0, 0.05) is 16.8 Å². The molecule has 4 rings (SSSR count). The molecule has 1 N–H and O–H groups in total. The molecule has 0 fully saturated rings. The molecular formula is C30H31N. The first-order valence-corrected chi connectivity index (χ1v) is 11.1. The first-order valence-electron chi connectivity index (χ1n) is 11.1. The van der Waals surface area contributed by atoms with E-state index >= 15 is 0 Å². The molecule has 0 saturated heterocycles. The molecule has 4 aromatic rings. The van der Waals surface area contributed by atoms with Crippen LogP contribution in [-0.4, -0.2) is 0 Å². The Morgan fingerprint density at radius 3 is 1.68 bits per heavy atom. The van der Waals surface area contributed by atoms with Gasteiger partial charge >= 0.3 is 0 Å². The van der Waals surface area contributed by atoms with Gasteiger partial charge < -0.3 is 5.32 Å². The van der Waals surface area contributed by atoms with Crippen LogP contribution in [0, 0.1) is 0 Å². The van der Waals surface area contributed by atoms with Crippen molar-refractivity contribution in [3.63, 3.8) is 0 Å². The number of hydrogen-bond acceptors (Lipinski definition) is 1. The molecule has 0 aromatic heterocycles. The molecule has 1 heteroatoms. The first kappa shape index (κ1) is 20.9. The second kappa shape index (κ2) is 9.22. The van der Waals surface area contributed by atoms with Crippen molar-refractivity contribution in [2.75, 3.05) is 5.32 Å². The summed E-state index contributed by atoms with van der Waals surface area (Å²) in [6.45, 7) is 6.85. The number of nitrogens with one attached hydrogen (secondary N) is 1. The Bertz CT molecular complexity index is 1080. The van der Waals surface area contributed by atoms with Crippen LogP contribution in [-0.2, 0) is 11.8 Å². The van der Waals surface area contributed by atoms with E-state index in [0.717, 1.165) is 17.8 Å². The fraction of sp³-hybridized carbons (Fsp3) is 0.200. The van der Waals surface area contributed by atoms with Gasteiger partial charge in [-0.05, 0) is 58.9 Å². The van der Waals surface area contributed by atoms with E-state index in [1.165, 1.54) is 22.3 Å². The zero-order valence-corrected chi connectivity index (χ0v) is 18.7. The van der Waals surface area contributed by atoms with Crippen LogP contribution in [0.5, 0.6) is 0 Å². The lowest BCUT2D eigenvalue weighted by Crippen LogP contribution is -2.18. The highest BCUT2D eigenvalue weighted by molar-refractivity contribution is 5.60. The maximum Gasteiger partial charge on any atom is 0.0384 e. The Kier molecular flexibility index (Phi) is 6.23. The number of benzene rings is 4. The fourth-order valence-corrected chi connectivity index (χ4v) is 4.14. The zero-order valence-electron chi connectivity index (χ0n) is 18.7. The van der Waals surface area contributed by atoms with Crippen LogP contribution in [0.4, 0.5) is 11.4 Å². The zero-order chi connectivity index (χ0) is 21.7. The summed E-state index contributed by atoms with van der Waals surface area (Å²) in [6, 6.07) is 39.0. The van der Waals surface area contributed by atoms with E-state index in [2.05, 4.69) is 135 Å². The van der Waals surface area contributed by atoms with Crippen molar-refractivity contribution in [2.24, 2.45) is 0 Å². The standard InChI is InChI=1S/C30H31N/c1-23(22-24-10-6-4-7-11-24)25-14-18-28(19-15-25)31-29-20-16-27(17-21-29)30(2,3)26-12-8-5-9-13-26/h4-21,23,31H,22H2,1-3H3. The highest BCUT2D eigenvalue weighted by Gasteiger charge is 2.22. The van der Waals surface area contributed by atoms with Gasteiger partial charge in [-0.15, -0.1) is 0 Å². The molecule has 1 nitrogen and oxygen atoms in total. The third-order valence-corrected chi connectivity index (χ3v) is 6.26. The van der Waals surface area contributed by atoms with Crippen LogP contribution in [0.25, 0.3) is 0 Å². The summed E-state index contributed by atoms with van der Waals surface area (Å²) in [5.41, 5.74) is 7.61. The van der Waals surface area contributed by atoms with Crippen LogP contribution in [0.3, 0.4) is 0 Å². The van der Waals surface area contributed by atoms with Gasteiger partial charge in [0.15, 0.2) is 0 Å². The Morgan fingerprint density at radius 2 is 1.10 bits per heavy atom. The molecule has 0 heterocycles. The third kappa shape index (κ3) is 5.06. The highest BCUT2D eigenvalue weighted by Crippen LogP contribution is 2.32. The molecule has 0 aliphatic rings. The van der Waals surface area contributed by atoms with Crippen LogP contribution in [0.15, 0.2) is 109 Å². The van der Waals surface area contributed by atoms with Crippen molar-refractivity contribution in [2.45, 2.75) is 38.5 Å². The van der Waals surface area contributed by atoms with Crippen LogP contribution < -0.4 is 5.32 Å². The van der Waals surface area contributed by atoms with E-state index in [4.69, 9.17) is 0 Å². The normalized spacial score (nSPS) is 12.4. The third-order valence-electron chi connectivity index (χ3n) is 6.26. The molecule has 0 radical (unpaired) electrons. The Balaban J connectivity index is 1.41. The average molecular weight is 406 g/mol. The minimum absolute atomic E-state index is 0.0175. The van der Waals surface area contributed by atoms with Gasteiger partial charge in [-0.25, -0.2) is 0 Å². The second-order valence-electron chi connectivity index (χ2n) is 8.91. The summed E-state index contributed by atoms with van der Waals surface area (Å²) in [5, 5.41) is 3.54. The van der Waals surface area contributed by atoms with E-state index in [0.29, 0.717) is 5.92 Å². The molecule has 1 unspecified atom stereocenters. The fourth-order valence-electron chi connectivity index (χ4n) is 4.14. The van der Waals surface area contributed by atoms with Gasteiger partial charge in [-0.2, -0.15) is 0 Å². The minimum atomic E-state index is -0.0175. The quantitative estimate of drug-likeness (QED) is 0.327. The number of hydrogen-bond donors (Lipinski definition) is 1. The summed E-state index contributed by atoms with van der Waals surface area (Å²) in [5.74, 6) is 0.496. The lowest BCUT2D eigenvalue weighted by Gasteiger charge is -2.26. The van der Waals surface area contributed by atoms with Crippen molar-refractivity contribution < 1.29 is 0 Å². The lowest BCUT2D eigenvalue weighted by atomic mass is 9.78. The SMILES string of the molecule is CC(Cc1ccccc1)c1ccc(Nc2ccc(C(C)(C)c3ccccc3)cc2)cc1. The summed E-state index contributed by atoms with van der Waals surface area (Å²) >= 11 is 0. The molecule has 0 aliphatic carbocycles. The molecule has 156 valence electrons. The highest BCUT2D eigenvalue weighted by atomic mass is 14.9. The molecule has 31 heavy (non-hydrogen) atoms. The van der Waals surface area contributed by atoms with Crippen molar-refractivity contribution in [1.82, 2.24) is 0 Å². The summed E-state index contributed by atoms with van der Waals surface area (Å²) in [7, 11) is 0. The van der Waals surface area contributed by atoms with Crippen LogP contribution in [0.1, 0.15) is 48.9 Å². The van der Waals surface area contributed by atoms with Crippen LogP contribution in [0.2, 0.25) is 0 Å². The first-order chi connectivity index (χ1) is 15.0. The van der Waals surface area contributed by atoms with E-state index in [1.54, 1.807) is 0 Å². The Hall–Kier alpha value is -3.32. The topological polar surface area (TPSA) is 12.0 Å². The smallest absolute Gasteiger partial charge is 0.0384 e. The molecular weight excluding hydrogens is 374 g/mol. The van der Waals surface area contributed by atoms with Crippen LogP contribution >= 0.6 is 0 Å². The van der Waals surface area contributed by atoms with Crippen molar-refractivity contribution in [1.29, 1.82) is 0 Å². The van der Waals surface area contributed by atoms with E-state index in [1.807, 2.05) is 0 Å². The summed E-state index contributed by atoms with van der Waals surface area (Å²) in [4.78, 5) is 0. The Morgan fingerprint density at radius 1 is 0.613 bits per heavy atom. The Labute approximate surface area is 186 Å². The van der Waals surface area contributed by atoms with Gasteiger partial charge in [-0.3, -0.25) is 0 Å². The van der Waals surface area contributed by atoms with Gasteiger partial charge in [0.2, 0.25) is 0 Å². The summed E-state index contributed by atoms with van der Waals surface area (Å²) in [6.07, 6.45) is 1.06. The maximum atomic E-state index is 3.54. The monoisotopic (exact) mass is 405 g/mol. The van der Waals surface area contributed by atoms with Gasteiger partial charge in [0.25, 0.3) is 0 Å². The molecule has 0 aliphatic heterocycles. The number of anilines is 2. The maximum absolute atomic E-state index is 3.54. The largest absolute Gasteiger partial charge is 0.356 e. The summed E-state index contributed by atoms with van der Waals surface area (Å²) < 4.78 is 0. The molecule has 0 saturated carbocycles. The van der Waals surface area contributed by atoms with E-state index in [9.17, 15) is 0 Å². The molecule has 0 amide bonds. The molecule has 4 aromatic carbocycles. The van der Waals surface area contributed by atoms with E-state index in [-0.39, 0.29) is 5.41 Å². The predicted octanol–water partition coefficient (Wildman–Crippen LogP) is 8.10. The van der Waals surface area contributed by atoms with E-state index < -0.39 is 0 Å². The molecule has 0 bridgehead atoms. The lowest BCUT2D eigenvalue weighted by molar-refractivity contribution is 0.641. The van der Waals surface area contributed by atoms with Crippen molar-refractivity contribution in [3.8, 4) is 0 Å². The minimum Gasteiger partial charge on any atom is -0.356 e.